The van der Waals surface area contributed by atoms with E-state index in [1.54, 1.807) is 12.1 Å². The Bertz CT molecular complexity index is 717. The largest absolute Gasteiger partial charge is 0.399 e. The molecule has 21 heavy (non-hydrogen) atoms. The van der Waals surface area contributed by atoms with Crippen molar-refractivity contribution in [3.63, 3.8) is 0 Å². The van der Waals surface area contributed by atoms with E-state index in [2.05, 4.69) is 14.9 Å². The van der Waals surface area contributed by atoms with E-state index in [9.17, 15) is 4.79 Å². The molecule has 2 aliphatic rings. The van der Waals surface area contributed by atoms with Gasteiger partial charge in [0.1, 0.15) is 0 Å². The molecule has 1 aromatic heterocycles. The standard InChI is InChI=1S/C16H20N4O/c17-12-5-6-14-13(7-12)15(21)19-16(18-14)20(8-10-1-2-10)9-11-3-4-11/h5-7,10-11H,1-4,8-9,17H2,(H,18,19,21). The zero-order valence-electron chi connectivity index (χ0n) is 12.0. The first-order valence-electron chi connectivity index (χ1n) is 7.73. The maximum absolute atomic E-state index is 12.3. The topological polar surface area (TPSA) is 75.0 Å². The van der Waals surface area contributed by atoms with E-state index in [4.69, 9.17) is 5.73 Å². The molecule has 1 aromatic carbocycles. The zero-order valence-corrected chi connectivity index (χ0v) is 12.0. The van der Waals surface area contributed by atoms with E-state index in [1.807, 2.05) is 6.07 Å². The summed E-state index contributed by atoms with van der Waals surface area (Å²) in [6.45, 7) is 2.03. The number of aromatic nitrogens is 2. The third-order valence-electron chi connectivity index (χ3n) is 4.37. The number of aromatic amines is 1. The van der Waals surface area contributed by atoms with Crippen molar-refractivity contribution in [3.8, 4) is 0 Å². The Morgan fingerprint density at radius 3 is 2.48 bits per heavy atom. The fourth-order valence-corrected chi connectivity index (χ4v) is 2.77. The van der Waals surface area contributed by atoms with Gasteiger partial charge in [0.15, 0.2) is 0 Å². The second kappa shape index (κ2) is 4.76. The van der Waals surface area contributed by atoms with E-state index in [1.165, 1.54) is 25.7 Å². The van der Waals surface area contributed by atoms with Crippen LogP contribution in [0, 0.1) is 11.8 Å². The van der Waals surface area contributed by atoms with Crippen LogP contribution in [0.25, 0.3) is 10.9 Å². The molecule has 0 unspecified atom stereocenters. The number of nitrogens with two attached hydrogens (primary N) is 1. The molecule has 2 aromatic rings. The van der Waals surface area contributed by atoms with Gasteiger partial charge in [0.05, 0.1) is 10.9 Å². The fraction of sp³-hybridized carbons (Fsp3) is 0.500. The SMILES string of the molecule is Nc1ccc2nc(N(CC3CC3)CC3CC3)[nH]c(=O)c2c1. The van der Waals surface area contributed by atoms with Crippen molar-refractivity contribution in [1.29, 1.82) is 0 Å². The zero-order chi connectivity index (χ0) is 14.4. The van der Waals surface area contributed by atoms with Gasteiger partial charge in [-0.2, -0.15) is 0 Å². The number of benzene rings is 1. The van der Waals surface area contributed by atoms with Crippen LogP contribution in [-0.2, 0) is 0 Å². The number of nitrogens with zero attached hydrogens (tertiary/aromatic N) is 2. The predicted molar refractivity (Wildman–Crippen MR) is 84.4 cm³/mol. The summed E-state index contributed by atoms with van der Waals surface area (Å²) in [6, 6.07) is 5.32. The molecule has 2 fully saturated rings. The first-order chi connectivity index (χ1) is 10.2. The highest BCUT2D eigenvalue weighted by Crippen LogP contribution is 2.34. The van der Waals surface area contributed by atoms with Gasteiger partial charge < -0.3 is 10.6 Å². The number of anilines is 2. The molecule has 0 aliphatic heterocycles. The van der Waals surface area contributed by atoms with Gasteiger partial charge in [-0.25, -0.2) is 4.98 Å². The highest BCUT2D eigenvalue weighted by molar-refractivity contribution is 5.81. The maximum atomic E-state index is 12.3. The third-order valence-corrected chi connectivity index (χ3v) is 4.37. The molecule has 2 aliphatic carbocycles. The molecule has 3 N–H and O–H groups in total. The van der Waals surface area contributed by atoms with Gasteiger partial charge in [0, 0.05) is 18.8 Å². The number of rotatable bonds is 5. The Balaban J connectivity index is 1.72. The molecular formula is C16H20N4O. The maximum Gasteiger partial charge on any atom is 0.260 e. The number of hydrogen-bond acceptors (Lipinski definition) is 4. The van der Waals surface area contributed by atoms with Crippen LogP contribution in [0.1, 0.15) is 25.7 Å². The highest BCUT2D eigenvalue weighted by atomic mass is 16.1. The summed E-state index contributed by atoms with van der Waals surface area (Å²) < 4.78 is 0. The van der Waals surface area contributed by atoms with Crippen molar-refractivity contribution < 1.29 is 0 Å². The van der Waals surface area contributed by atoms with Crippen LogP contribution in [0.2, 0.25) is 0 Å². The van der Waals surface area contributed by atoms with Crippen LogP contribution in [0.15, 0.2) is 23.0 Å². The second-order valence-electron chi connectivity index (χ2n) is 6.46. The van der Waals surface area contributed by atoms with Crippen LogP contribution >= 0.6 is 0 Å². The number of fused-ring (bicyclic) bond motifs is 1. The fourth-order valence-electron chi connectivity index (χ4n) is 2.77. The summed E-state index contributed by atoms with van der Waals surface area (Å²) in [4.78, 5) is 22.2. The summed E-state index contributed by atoms with van der Waals surface area (Å²) in [5, 5.41) is 0.566. The molecule has 5 heteroatoms. The summed E-state index contributed by atoms with van der Waals surface area (Å²) in [5.41, 5.74) is 6.96. The molecule has 0 atom stereocenters. The Kier molecular flexibility index (Phi) is 2.87. The molecule has 4 rings (SSSR count). The summed E-state index contributed by atoms with van der Waals surface area (Å²) in [5.74, 6) is 2.27. The lowest BCUT2D eigenvalue weighted by molar-refractivity contribution is 0.662. The van der Waals surface area contributed by atoms with Crippen LogP contribution in [0.3, 0.4) is 0 Å². The minimum atomic E-state index is -0.0982. The first-order valence-corrected chi connectivity index (χ1v) is 7.73. The van der Waals surface area contributed by atoms with E-state index < -0.39 is 0 Å². The summed E-state index contributed by atoms with van der Waals surface area (Å²) in [6.07, 6.45) is 5.20. The summed E-state index contributed by atoms with van der Waals surface area (Å²) >= 11 is 0. The van der Waals surface area contributed by atoms with Gasteiger partial charge in [0.25, 0.3) is 5.56 Å². The van der Waals surface area contributed by atoms with Crippen molar-refractivity contribution in [3.05, 3.63) is 28.6 Å². The smallest absolute Gasteiger partial charge is 0.260 e. The molecule has 2 saturated carbocycles. The van der Waals surface area contributed by atoms with Crippen LogP contribution in [0.5, 0.6) is 0 Å². The van der Waals surface area contributed by atoms with E-state index in [0.29, 0.717) is 11.1 Å². The van der Waals surface area contributed by atoms with Crippen molar-refractivity contribution in [1.82, 2.24) is 9.97 Å². The molecule has 0 radical (unpaired) electrons. The Morgan fingerprint density at radius 1 is 1.19 bits per heavy atom. The number of nitrogens with one attached hydrogen (secondary N) is 1. The normalized spacial score (nSPS) is 18.1. The van der Waals surface area contributed by atoms with Crippen molar-refractivity contribution in [2.24, 2.45) is 11.8 Å². The predicted octanol–water partition coefficient (Wildman–Crippen LogP) is 2.13. The quantitative estimate of drug-likeness (QED) is 0.825. The lowest BCUT2D eigenvalue weighted by atomic mass is 10.2. The molecule has 0 amide bonds. The molecule has 0 bridgehead atoms. The molecule has 0 spiro atoms. The molecule has 1 heterocycles. The van der Waals surface area contributed by atoms with E-state index in [-0.39, 0.29) is 5.56 Å². The minimum Gasteiger partial charge on any atom is -0.399 e. The Labute approximate surface area is 123 Å². The average molecular weight is 284 g/mol. The van der Waals surface area contributed by atoms with Crippen molar-refractivity contribution in [2.45, 2.75) is 25.7 Å². The van der Waals surface area contributed by atoms with Gasteiger partial charge >= 0.3 is 0 Å². The van der Waals surface area contributed by atoms with Crippen LogP contribution in [0.4, 0.5) is 11.6 Å². The Morgan fingerprint density at radius 2 is 1.86 bits per heavy atom. The van der Waals surface area contributed by atoms with Gasteiger partial charge in [-0.05, 0) is 55.7 Å². The lowest BCUT2D eigenvalue weighted by Gasteiger charge is -2.23. The van der Waals surface area contributed by atoms with Crippen molar-refractivity contribution >= 4 is 22.5 Å². The average Bonchev–Trinajstić information content (AvgIpc) is 3.34. The van der Waals surface area contributed by atoms with Crippen LogP contribution < -0.4 is 16.2 Å². The van der Waals surface area contributed by atoms with Crippen LogP contribution in [-0.4, -0.2) is 23.1 Å². The van der Waals surface area contributed by atoms with Gasteiger partial charge in [-0.15, -0.1) is 0 Å². The first kappa shape index (κ1) is 12.7. The Hall–Kier alpha value is -2.04. The molecule has 110 valence electrons. The monoisotopic (exact) mass is 284 g/mol. The van der Waals surface area contributed by atoms with Crippen molar-refractivity contribution in [2.75, 3.05) is 23.7 Å². The van der Waals surface area contributed by atoms with Gasteiger partial charge in [-0.1, -0.05) is 0 Å². The van der Waals surface area contributed by atoms with E-state index in [0.717, 1.165) is 36.4 Å². The molecule has 5 nitrogen and oxygen atoms in total. The minimum absolute atomic E-state index is 0.0982. The van der Waals surface area contributed by atoms with Gasteiger partial charge in [-0.3, -0.25) is 9.78 Å². The number of H-pyrrole nitrogens is 1. The molecular weight excluding hydrogens is 264 g/mol. The number of nitrogen functional groups attached to an aromatic ring is 1. The summed E-state index contributed by atoms with van der Waals surface area (Å²) in [7, 11) is 0. The third kappa shape index (κ3) is 2.73. The van der Waals surface area contributed by atoms with Gasteiger partial charge in [0.2, 0.25) is 5.95 Å². The molecule has 0 saturated heterocycles. The number of hydrogen-bond donors (Lipinski definition) is 2. The lowest BCUT2D eigenvalue weighted by Crippen LogP contribution is -2.31. The highest BCUT2D eigenvalue weighted by Gasteiger charge is 2.30. The van der Waals surface area contributed by atoms with E-state index >= 15 is 0 Å². The second-order valence-corrected chi connectivity index (χ2v) is 6.46.